The second kappa shape index (κ2) is 5.75. The summed E-state index contributed by atoms with van der Waals surface area (Å²) in [6.07, 6.45) is 2.63. The molecule has 1 unspecified atom stereocenters. The van der Waals surface area contributed by atoms with Gasteiger partial charge in [-0.3, -0.25) is 11.3 Å². The van der Waals surface area contributed by atoms with Gasteiger partial charge in [-0.25, -0.2) is 0 Å². The quantitative estimate of drug-likeness (QED) is 0.314. The minimum Gasteiger partial charge on any atom is -0.385 e. The molecular weight excluding hydrogens is 116 g/mol. The molecule has 0 amide bonds. The van der Waals surface area contributed by atoms with E-state index >= 15 is 0 Å². The smallest absolute Gasteiger partial charge is 0.0480 e. The Morgan fingerprint density at radius 2 is 2.56 bits per heavy atom. The van der Waals surface area contributed by atoms with Gasteiger partial charge < -0.3 is 4.74 Å². The lowest BCUT2D eigenvalue weighted by Crippen LogP contribution is -2.34. The number of ether oxygens (including phenoxy) is 1. The monoisotopic (exact) mass is 130 g/mol. The molecule has 3 nitrogen and oxygen atoms in total. The van der Waals surface area contributed by atoms with Crippen LogP contribution in [0.3, 0.4) is 0 Å². The topological polar surface area (TPSA) is 47.3 Å². The molecule has 54 valence electrons. The van der Waals surface area contributed by atoms with Gasteiger partial charge >= 0.3 is 0 Å². The molecule has 0 aliphatic rings. The largest absolute Gasteiger partial charge is 0.385 e. The zero-order valence-electron chi connectivity index (χ0n) is 5.76. The van der Waals surface area contributed by atoms with Crippen LogP contribution in [-0.2, 0) is 4.74 Å². The van der Waals surface area contributed by atoms with Gasteiger partial charge in [0.2, 0.25) is 0 Å². The Labute approximate surface area is 55.8 Å². The maximum Gasteiger partial charge on any atom is 0.0480 e. The number of nitrogens with two attached hydrogens (primary N) is 1. The second-order valence-electron chi connectivity index (χ2n) is 1.79. The number of hydrogen-bond donors (Lipinski definition) is 2. The van der Waals surface area contributed by atoms with Gasteiger partial charge in [-0.15, -0.1) is 6.58 Å². The zero-order valence-corrected chi connectivity index (χ0v) is 5.76. The average Bonchev–Trinajstić information content (AvgIpc) is 1.91. The molecule has 3 N–H and O–H groups in total. The van der Waals surface area contributed by atoms with Gasteiger partial charge in [0.15, 0.2) is 0 Å². The molecule has 0 fully saturated rings. The van der Waals surface area contributed by atoms with E-state index in [9.17, 15) is 0 Å². The number of hydrogen-bond acceptors (Lipinski definition) is 3. The number of nitrogens with one attached hydrogen (secondary N) is 1. The lowest BCUT2D eigenvalue weighted by Gasteiger charge is -2.08. The first kappa shape index (κ1) is 8.62. The highest BCUT2D eigenvalue weighted by atomic mass is 16.5. The molecule has 0 aliphatic heterocycles. The normalized spacial score (nSPS) is 13.1. The van der Waals surface area contributed by atoms with Crippen LogP contribution in [0.15, 0.2) is 12.7 Å². The summed E-state index contributed by atoms with van der Waals surface area (Å²) < 4.78 is 4.83. The summed E-state index contributed by atoms with van der Waals surface area (Å²) >= 11 is 0. The molecule has 1 atom stereocenters. The first-order valence-corrected chi connectivity index (χ1v) is 2.92. The molecule has 0 aromatic heterocycles. The Kier molecular flexibility index (Phi) is 5.51. The van der Waals surface area contributed by atoms with Gasteiger partial charge in [0.05, 0.1) is 0 Å². The number of methoxy groups -OCH3 is 1. The Balaban J connectivity index is 3.20. The molecule has 0 aromatic carbocycles. The highest BCUT2D eigenvalue weighted by Crippen LogP contribution is 1.89. The fraction of sp³-hybridized carbons (Fsp3) is 0.667. The van der Waals surface area contributed by atoms with Gasteiger partial charge in [0, 0.05) is 19.8 Å². The molecule has 0 spiro atoms. The predicted octanol–water partition coefficient (Wildman–Crippen LogP) is 0.0408. The number of hydrazine groups is 1. The maximum atomic E-state index is 5.15. The van der Waals surface area contributed by atoms with Gasteiger partial charge in [0.1, 0.15) is 0 Å². The van der Waals surface area contributed by atoms with Crippen molar-refractivity contribution in [1.82, 2.24) is 5.43 Å². The van der Waals surface area contributed by atoms with E-state index in [1.807, 2.05) is 0 Å². The molecule has 0 rings (SSSR count). The summed E-state index contributed by atoms with van der Waals surface area (Å²) in [4.78, 5) is 0. The van der Waals surface area contributed by atoms with E-state index in [1.54, 1.807) is 13.2 Å². The molecule has 0 radical (unpaired) electrons. The van der Waals surface area contributed by atoms with Gasteiger partial charge in [0.25, 0.3) is 0 Å². The van der Waals surface area contributed by atoms with Crippen molar-refractivity contribution < 1.29 is 4.74 Å². The molecule has 0 saturated heterocycles. The minimum absolute atomic E-state index is 0.171. The summed E-state index contributed by atoms with van der Waals surface area (Å²) in [6, 6.07) is 0.171. The fourth-order valence-electron chi connectivity index (χ4n) is 0.514. The maximum absolute atomic E-state index is 5.15. The van der Waals surface area contributed by atoms with E-state index < -0.39 is 0 Å². The summed E-state index contributed by atoms with van der Waals surface area (Å²) in [5, 5.41) is 0. The van der Waals surface area contributed by atoms with Crippen LogP contribution in [0.2, 0.25) is 0 Å². The lowest BCUT2D eigenvalue weighted by molar-refractivity contribution is 0.188. The summed E-state index contributed by atoms with van der Waals surface area (Å²) in [6.45, 7) is 4.30. The van der Waals surface area contributed by atoms with E-state index in [2.05, 4.69) is 12.0 Å². The standard InChI is InChI=1S/C6H14N2O/c1-3-6(8-7)4-5-9-2/h3,6,8H,1,4-5,7H2,2H3. The predicted molar refractivity (Wildman–Crippen MR) is 37.8 cm³/mol. The van der Waals surface area contributed by atoms with E-state index in [-0.39, 0.29) is 6.04 Å². The van der Waals surface area contributed by atoms with Crippen LogP contribution in [0.25, 0.3) is 0 Å². The molecule has 9 heavy (non-hydrogen) atoms. The molecule has 0 aliphatic carbocycles. The molecule has 0 saturated carbocycles. The van der Waals surface area contributed by atoms with Crippen molar-refractivity contribution in [2.45, 2.75) is 12.5 Å². The zero-order chi connectivity index (χ0) is 7.11. The third-order valence-electron chi connectivity index (χ3n) is 1.13. The fourth-order valence-corrected chi connectivity index (χ4v) is 0.514. The van der Waals surface area contributed by atoms with Gasteiger partial charge in [-0.2, -0.15) is 0 Å². The Bertz CT molecular complexity index is 75.5. The van der Waals surface area contributed by atoms with Crippen molar-refractivity contribution in [1.29, 1.82) is 0 Å². The summed E-state index contributed by atoms with van der Waals surface area (Å²) in [5.74, 6) is 5.15. The molecule has 0 bridgehead atoms. The van der Waals surface area contributed by atoms with E-state index in [4.69, 9.17) is 10.6 Å². The molecule has 3 heteroatoms. The van der Waals surface area contributed by atoms with Crippen LogP contribution >= 0.6 is 0 Å². The Hall–Kier alpha value is -0.380. The average molecular weight is 130 g/mol. The van der Waals surface area contributed by atoms with Crippen molar-refractivity contribution in [3.63, 3.8) is 0 Å². The first-order chi connectivity index (χ1) is 4.35. The molecule has 0 aromatic rings. The van der Waals surface area contributed by atoms with Crippen molar-refractivity contribution in [2.75, 3.05) is 13.7 Å². The van der Waals surface area contributed by atoms with Crippen LogP contribution < -0.4 is 11.3 Å². The van der Waals surface area contributed by atoms with E-state index in [0.29, 0.717) is 6.61 Å². The third kappa shape index (κ3) is 4.14. The number of rotatable bonds is 5. The van der Waals surface area contributed by atoms with E-state index in [1.165, 1.54) is 0 Å². The minimum atomic E-state index is 0.171. The lowest BCUT2D eigenvalue weighted by atomic mass is 10.2. The van der Waals surface area contributed by atoms with Crippen LogP contribution in [0, 0.1) is 0 Å². The third-order valence-corrected chi connectivity index (χ3v) is 1.13. The highest BCUT2D eigenvalue weighted by Gasteiger charge is 1.97. The van der Waals surface area contributed by atoms with Crippen LogP contribution in [0.4, 0.5) is 0 Å². The van der Waals surface area contributed by atoms with Gasteiger partial charge in [-0.1, -0.05) is 6.08 Å². The van der Waals surface area contributed by atoms with Crippen molar-refractivity contribution in [3.05, 3.63) is 12.7 Å². The first-order valence-electron chi connectivity index (χ1n) is 2.92. The highest BCUT2D eigenvalue weighted by molar-refractivity contribution is 4.83. The SMILES string of the molecule is C=CC(CCOC)NN. The molecule has 0 heterocycles. The van der Waals surface area contributed by atoms with Crippen LogP contribution in [0.5, 0.6) is 0 Å². The van der Waals surface area contributed by atoms with Crippen LogP contribution in [0.1, 0.15) is 6.42 Å². The summed E-state index contributed by atoms with van der Waals surface area (Å²) in [5.41, 5.74) is 2.59. The molecular formula is C6H14N2O. The summed E-state index contributed by atoms with van der Waals surface area (Å²) in [7, 11) is 1.66. The van der Waals surface area contributed by atoms with Crippen LogP contribution in [-0.4, -0.2) is 19.8 Å². The van der Waals surface area contributed by atoms with Crippen molar-refractivity contribution >= 4 is 0 Å². The van der Waals surface area contributed by atoms with Crippen molar-refractivity contribution in [3.8, 4) is 0 Å². The van der Waals surface area contributed by atoms with Gasteiger partial charge in [-0.05, 0) is 6.42 Å². The Morgan fingerprint density at radius 1 is 1.89 bits per heavy atom. The van der Waals surface area contributed by atoms with Crippen molar-refractivity contribution in [2.24, 2.45) is 5.84 Å². The van der Waals surface area contributed by atoms with E-state index in [0.717, 1.165) is 6.42 Å². The Morgan fingerprint density at radius 3 is 2.89 bits per heavy atom. The second-order valence-corrected chi connectivity index (χ2v) is 1.79.